The van der Waals surface area contributed by atoms with Gasteiger partial charge in [-0.05, 0) is 62.2 Å². The normalized spacial score (nSPS) is 10.5. The molecular formula is C17H20BrNO2. The van der Waals surface area contributed by atoms with Crippen LogP contribution in [0.25, 0.3) is 0 Å². The van der Waals surface area contributed by atoms with E-state index in [0.29, 0.717) is 18.9 Å². The Balaban J connectivity index is 2.18. The number of rotatable bonds is 5. The van der Waals surface area contributed by atoms with Gasteiger partial charge in [0.05, 0.1) is 6.61 Å². The predicted molar refractivity (Wildman–Crippen MR) is 90.0 cm³/mol. The maximum atomic E-state index is 5.89. The Kier molecular flexibility index (Phi) is 5.12. The number of ether oxygens (including phenoxy) is 2. The molecule has 2 rings (SSSR count). The summed E-state index contributed by atoms with van der Waals surface area (Å²) >= 11 is 3.56. The summed E-state index contributed by atoms with van der Waals surface area (Å²) in [5.41, 5.74) is 9.82. The monoisotopic (exact) mass is 349 g/mol. The lowest BCUT2D eigenvalue weighted by Crippen LogP contribution is -2.02. The smallest absolute Gasteiger partial charge is 0.126 e. The van der Waals surface area contributed by atoms with Crippen LogP contribution < -0.4 is 15.2 Å². The largest absolute Gasteiger partial charge is 0.493 e. The van der Waals surface area contributed by atoms with E-state index in [2.05, 4.69) is 29.8 Å². The first kappa shape index (κ1) is 15.7. The van der Waals surface area contributed by atoms with Gasteiger partial charge in [0, 0.05) is 15.7 Å². The van der Waals surface area contributed by atoms with Crippen molar-refractivity contribution in [1.29, 1.82) is 0 Å². The van der Waals surface area contributed by atoms with Crippen molar-refractivity contribution in [3.63, 3.8) is 0 Å². The topological polar surface area (TPSA) is 44.5 Å². The summed E-state index contributed by atoms with van der Waals surface area (Å²) in [7, 11) is 0. The molecule has 0 saturated heterocycles. The summed E-state index contributed by atoms with van der Waals surface area (Å²) in [6, 6.07) is 9.65. The summed E-state index contributed by atoms with van der Waals surface area (Å²) in [5.74, 6) is 1.66. The Morgan fingerprint density at radius 2 is 1.71 bits per heavy atom. The molecule has 0 aliphatic heterocycles. The minimum atomic E-state index is 0.431. The molecule has 2 aromatic rings. The molecule has 0 aliphatic carbocycles. The first-order valence-corrected chi connectivity index (χ1v) is 7.71. The number of benzene rings is 2. The van der Waals surface area contributed by atoms with Gasteiger partial charge in [0.2, 0.25) is 0 Å². The Labute approximate surface area is 134 Å². The van der Waals surface area contributed by atoms with E-state index >= 15 is 0 Å². The lowest BCUT2D eigenvalue weighted by Gasteiger charge is -2.13. The summed E-state index contributed by atoms with van der Waals surface area (Å²) in [6.45, 7) is 7.11. The van der Waals surface area contributed by atoms with Crippen LogP contribution in [0.5, 0.6) is 11.5 Å². The molecular weight excluding hydrogens is 330 g/mol. The molecule has 0 atom stereocenters. The molecule has 4 heteroatoms. The highest BCUT2D eigenvalue weighted by Crippen LogP contribution is 2.28. The van der Waals surface area contributed by atoms with E-state index in [1.807, 2.05) is 37.3 Å². The second kappa shape index (κ2) is 6.85. The van der Waals surface area contributed by atoms with Gasteiger partial charge in [0.15, 0.2) is 0 Å². The molecule has 0 aliphatic rings. The fraction of sp³-hybridized carbons (Fsp3) is 0.294. The number of hydrogen-bond donors (Lipinski definition) is 1. The zero-order valence-corrected chi connectivity index (χ0v) is 14.2. The fourth-order valence-corrected chi connectivity index (χ4v) is 2.39. The average molecular weight is 350 g/mol. The van der Waals surface area contributed by atoms with Crippen molar-refractivity contribution in [3.05, 3.63) is 51.5 Å². The van der Waals surface area contributed by atoms with Crippen LogP contribution >= 0.6 is 15.9 Å². The molecule has 0 unspecified atom stereocenters. The quantitative estimate of drug-likeness (QED) is 0.800. The van der Waals surface area contributed by atoms with Gasteiger partial charge < -0.3 is 15.2 Å². The third kappa shape index (κ3) is 3.91. The van der Waals surface area contributed by atoms with Crippen molar-refractivity contribution in [2.75, 3.05) is 12.3 Å². The summed E-state index contributed by atoms with van der Waals surface area (Å²) in [4.78, 5) is 0. The molecule has 112 valence electrons. The molecule has 0 bridgehead atoms. The van der Waals surface area contributed by atoms with Gasteiger partial charge in [-0.1, -0.05) is 15.9 Å². The van der Waals surface area contributed by atoms with Crippen molar-refractivity contribution in [3.8, 4) is 11.5 Å². The van der Waals surface area contributed by atoms with Crippen molar-refractivity contribution in [2.45, 2.75) is 27.4 Å². The van der Waals surface area contributed by atoms with Crippen LogP contribution in [0.15, 0.2) is 34.8 Å². The number of hydrogen-bond acceptors (Lipinski definition) is 3. The third-order valence-corrected chi connectivity index (χ3v) is 4.44. The van der Waals surface area contributed by atoms with Crippen molar-refractivity contribution in [2.24, 2.45) is 0 Å². The van der Waals surface area contributed by atoms with E-state index in [4.69, 9.17) is 15.2 Å². The van der Waals surface area contributed by atoms with E-state index in [-0.39, 0.29) is 0 Å². The van der Waals surface area contributed by atoms with Crippen molar-refractivity contribution < 1.29 is 9.47 Å². The maximum absolute atomic E-state index is 5.89. The molecule has 0 fully saturated rings. The van der Waals surface area contributed by atoms with E-state index < -0.39 is 0 Å². The number of nitrogens with two attached hydrogens (primary N) is 1. The molecule has 2 N–H and O–H groups in total. The lowest BCUT2D eigenvalue weighted by molar-refractivity contribution is 0.286. The molecule has 0 radical (unpaired) electrons. The zero-order chi connectivity index (χ0) is 15.4. The fourth-order valence-electron chi connectivity index (χ4n) is 2.16. The van der Waals surface area contributed by atoms with E-state index in [1.54, 1.807) is 0 Å². The van der Waals surface area contributed by atoms with Crippen molar-refractivity contribution in [1.82, 2.24) is 0 Å². The molecule has 0 saturated carbocycles. The highest BCUT2D eigenvalue weighted by atomic mass is 79.9. The van der Waals surface area contributed by atoms with E-state index in [1.165, 1.54) is 0 Å². The van der Waals surface area contributed by atoms with Gasteiger partial charge in [-0.3, -0.25) is 0 Å². The molecule has 2 aromatic carbocycles. The predicted octanol–water partition coefficient (Wildman–Crippen LogP) is 4.63. The lowest BCUT2D eigenvalue weighted by atomic mass is 10.1. The summed E-state index contributed by atoms with van der Waals surface area (Å²) in [5, 5.41) is 0. The summed E-state index contributed by atoms with van der Waals surface area (Å²) in [6.07, 6.45) is 0. The van der Waals surface area contributed by atoms with Crippen LogP contribution in [0.1, 0.15) is 23.6 Å². The molecule has 0 amide bonds. The molecule has 3 nitrogen and oxygen atoms in total. The molecule has 0 spiro atoms. The SMILES string of the molecule is CCOc1ccc(N)cc1COc1cc(C)c(Br)c(C)c1. The Morgan fingerprint density at radius 1 is 1.05 bits per heavy atom. The standard InChI is InChI=1S/C17H20BrNO2/c1-4-20-16-6-5-14(19)9-13(16)10-21-15-7-11(2)17(18)12(3)8-15/h5-9H,4,10,19H2,1-3H3. The first-order valence-electron chi connectivity index (χ1n) is 6.92. The first-order chi connectivity index (χ1) is 10.0. The Morgan fingerprint density at radius 3 is 2.33 bits per heavy atom. The molecule has 0 heterocycles. The molecule has 0 aromatic heterocycles. The second-order valence-electron chi connectivity index (χ2n) is 4.96. The van der Waals surface area contributed by atoms with Gasteiger partial charge in [0.1, 0.15) is 18.1 Å². The van der Waals surface area contributed by atoms with Gasteiger partial charge in [-0.15, -0.1) is 0 Å². The highest BCUT2D eigenvalue weighted by Gasteiger charge is 2.07. The van der Waals surface area contributed by atoms with Gasteiger partial charge in [-0.2, -0.15) is 0 Å². The molecule has 21 heavy (non-hydrogen) atoms. The Bertz CT molecular complexity index is 618. The Hall–Kier alpha value is -1.68. The third-order valence-electron chi connectivity index (χ3n) is 3.19. The zero-order valence-electron chi connectivity index (χ0n) is 12.6. The number of anilines is 1. The van der Waals surface area contributed by atoms with Crippen LogP contribution in [0.4, 0.5) is 5.69 Å². The van der Waals surface area contributed by atoms with Gasteiger partial charge in [-0.25, -0.2) is 0 Å². The van der Waals surface area contributed by atoms with Crippen LogP contribution in [-0.2, 0) is 6.61 Å². The minimum Gasteiger partial charge on any atom is -0.493 e. The number of aryl methyl sites for hydroxylation is 2. The second-order valence-corrected chi connectivity index (χ2v) is 5.75. The van der Waals surface area contributed by atoms with Crippen molar-refractivity contribution >= 4 is 21.6 Å². The van der Waals surface area contributed by atoms with Gasteiger partial charge in [0.25, 0.3) is 0 Å². The average Bonchev–Trinajstić information content (AvgIpc) is 2.45. The highest BCUT2D eigenvalue weighted by molar-refractivity contribution is 9.10. The number of halogens is 1. The summed E-state index contributed by atoms with van der Waals surface area (Å²) < 4.78 is 12.6. The van der Waals surface area contributed by atoms with Crippen LogP contribution in [0.3, 0.4) is 0 Å². The van der Waals surface area contributed by atoms with Crippen LogP contribution in [-0.4, -0.2) is 6.61 Å². The van der Waals surface area contributed by atoms with Crippen LogP contribution in [0.2, 0.25) is 0 Å². The van der Waals surface area contributed by atoms with E-state index in [9.17, 15) is 0 Å². The van der Waals surface area contributed by atoms with Gasteiger partial charge >= 0.3 is 0 Å². The maximum Gasteiger partial charge on any atom is 0.126 e. The minimum absolute atomic E-state index is 0.431. The number of nitrogen functional groups attached to an aromatic ring is 1. The van der Waals surface area contributed by atoms with E-state index in [0.717, 1.165) is 32.7 Å². The van der Waals surface area contributed by atoms with Crippen LogP contribution in [0, 0.1) is 13.8 Å².